The monoisotopic (exact) mass is 231 g/mol. The minimum absolute atomic E-state index is 0.132. The van der Waals surface area contributed by atoms with E-state index in [1.54, 1.807) is 24.3 Å². The highest BCUT2D eigenvalue weighted by atomic mass is 35.5. The number of phenols is 1. The Hall–Kier alpha value is -1.80. The van der Waals surface area contributed by atoms with Gasteiger partial charge in [0.2, 0.25) is 0 Å². The number of rotatable bonds is 2. The van der Waals surface area contributed by atoms with Crippen LogP contribution in [0.5, 0.6) is 5.75 Å². The average Bonchev–Trinajstić information content (AvgIpc) is 2.31. The molecule has 0 atom stereocenters. The molecule has 0 aliphatic heterocycles. The number of hydrogen-bond acceptors (Lipinski definition) is 2. The van der Waals surface area contributed by atoms with E-state index >= 15 is 0 Å². The van der Waals surface area contributed by atoms with Gasteiger partial charge >= 0.3 is 0 Å². The van der Waals surface area contributed by atoms with Crippen molar-refractivity contribution in [3.05, 3.63) is 60.2 Å². The third-order valence-electron chi connectivity index (χ3n) is 2.11. The SMILES string of the molecule is Oc1ccccc1C(Cl)=Nc1ccccc1. The molecule has 2 aromatic carbocycles. The molecule has 0 aliphatic carbocycles. The van der Waals surface area contributed by atoms with Gasteiger partial charge in [-0.1, -0.05) is 41.9 Å². The Morgan fingerprint density at radius 3 is 2.25 bits per heavy atom. The summed E-state index contributed by atoms with van der Waals surface area (Å²) < 4.78 is 0. The van der Waals surface area contributed by atoms with Gasteiger partial charge in [-0.05, 0) is 24.3 Å². The van der Waals surface area contributed by atoms with E-state index in [0.717, 1.165) is 5.69 Å². The maximum absolute atomic E-state index is 9.59. The van der Waals surface area contributed by atoms with Crippen LogP contribution in [0.15, 0.2) is 59.6 Å². The summed E-state index contributed by atoms with van der Waals surface area (Å²) in [6, 6.07) is 16.2. The first-order valence-electron chi connectivity index (χ1n) is 4.85. The van der Waals surface area contributed by atoms with E-state index in [2.05, 4.69) is 4.99 Å². The van der Waals surface area contributed by atoms with Gasteiger partial charge in [0.1, 0.15) is 10.9 Å². The summed E-state index contributed by atoms with van der Waals surface area (Å²) in [4.78, 5) is 4.21. The molecule has 0 radical (unpaired) electrons. The summed E-state index contributed by atoms with van der Waals surface area (Å²) in [5.74, 6) is 0.132. The first kappa shape index (κ1) is 10.7. The maximum Gasteiger partial charge on any atom is 0.140 e. The molecule has 16 heavy (non-hydrogen) atoms. The van der Waals surface area contributed by atoms with Gasteiger partial charge in [0, 0.05) is 0 Å². The van der Waals surface area contributed by atoms with Crippen LogP contribution in [0.3, 0.4) is 0 Å². The van der Waals surface area contributed by atoms with Crippen molar-refractivity contribution in [2.24, 2.45) is 4.99 Å². The lowest BCUT2D eigenvalue weighted by molar-refractivity contribution is 0.474. The predicted octanol–water partition coefficient (Wildman–Crippen LogP) is 3.71. The molecule has 0 saturated heterocycles. The van der Waals surface area contributed by atoms with E-state index in [4.69, 9.17) is 11.6 Å². The quantitative estimate of drug-likeness (QED) is 0.786. The van der Waals surface area contributed by atoms with Gasteiger partial charge in [0.25, 0.3) is 0 Å². The molecule has 0 amide bonds. The van der Waals surface area contributed by atoms with Crippen molar-refractivity contribution in [1.29, 1.82) is 0 Å². The molecule has 1 N–H and O–H groups in total. The van der Waals surface area contributed by atoms with Crippen LogP contribution in [0.4, 0.5) is 5.69 Å². The first-order valence-corrected chi connectivity index (χ1v) is 5.23. The van der Waals surface area contributed by atoms with Crippen LogP contribution in [0.2, 0.25) is 0 Å². The highest BCUT2D eigenvalue weighted by Crippen LogP contribution is 2.21. The maximum atomic E-state index is 9.59. The van der Waals surface area contributed by atoms with Gasteiger partial charge in [-0.15, -0.1) is 0 Å². The second-order valence-corrected chi connectivity index (χ2v) is 3.61. The standard InChI is InChI=1S/C13H10ClNO/c14-13(11-8-4-5-9-12(11)16)15-10-6-2-1-3-7-10/h1-9,16H. The summed E-state index contributed by atoms with van der Waals surface area (Å²) in [5.41, 5.74) is 1.30. The second-order valence-electron chi connectivity index (χ2n) is 3.26. The minimum Gasteiger partial charge on any atom is -0.507 e. The number of hydrogen-bond donors (Lipinski definition) is 1. The molecule has 2 rings (SSSR count). The fourth-order valence-corrected chi connectivity index (χ4v) is 1.58. The number of phenolic OH excluding ortho intramolecular Hbond substituents is 1. The number of benzene rings is 2. The van der Waals surface area contributed by atoms with E-state index in [0.29, 0.717) is 5.56 Å². The van der Waals surface area contributed by atoms with Gasteiger partial charge in [0.15, 0.2) is 0 Å². The van der Waals surface area contributed by atoms with Crippen molar-refractivity contribution >= 4 is 22.5 Å². The Labute approximate surface area is 98.8 Å². The van der Waals surface area contributed by atoms with Gasteiger partial charge < -0.3 is 5.11 Å². The Balaban J connectivity index is 2.36. The van der Waals surface area contributed by atoms with Crippen LogP contribution >= 0.6 is 11.6 Å². The van der Waals surface area contributed by atoms with Crippen molar-refractivity contribution in [3.8, 4) is 5.75 Å². The Kier molecular flexibility index (Phi) is 3.22. The molecule has 0 spiro atoms. The van der Waals surface area contributed by atoms with E-state index in [9.17, 15) is 5.11 Å². The van der Waals surface area contributed by atoms with Crippen molar-refractivity contribution in [2.45, 2.75) is 0 Å². The van der Waals surface area contributed by atoms with Crippen molar-refractivity contribution in [1.82, 2.24) is 0 Å². The molecule has 0 fully saturated rings. The molecule has 0 saturated carbocycles. The van der Waals surface area contributed by atoms with E-state index in [1.165, 1.54) is 0 Å². The van der Waals surface area contributed by atoms with Crippen molar-refractivity contribution in [3.63, 3.8) is 0 Å². The fraction of sp³-hybridized carbons (Fsp3) is 0. The molecule has 0 aliphatic rings. The van der Waals surface area contributed by atoms with Crippen LogP contribution in [-0.2, 0) is 0 Å². The third kappa shape index (κ3) is 2.41. The topological polar surface area (TPSA) is 32.6 Å². The largest absolute Gasteiger partial charge is 0.507 e. The highest BCUT2D eigenvalue weighted by molar-refractivity contribution is 6.70. The lowest BCUT2D eigenvalue weighted by Crippen LogP contribution is -1.90. The first-order chi connectivity index (χ1) is 7.77. The third-order valence-corrected chi connectivity index (χ3v) is 2.40. The van der Waals surface area contributed by atoms with Crippen molar-refractivity contribution in [2.75, 3.05) is 0 Å². The normalized spacial score (nSPS) is 11.4. The molecule has 0 heterocycles. The van der Waals surface area contributed by atoms with Gasteiger partial charge in [-0.25, -0.2) is 4.99 Å². The lowest BCUT2D eigenvalue weighted by Gasteiger charge is -2.01. The minimum atomic E-state index is 0.132. The van der Waals surface area contributed by atoms with E-state index < -0.39 is 0 Å². The zero-order valence-corrected chi connectivity index (χ0v) is 9.22. The van der Waals surface area contributed by atoms with Gasteiger partial charge in [0.05, 0.1) is 11.3 Å². The van der Waals surface area contributed by atoms with Crippen LogP contribution in [-0.4, -0.2) is 10.3 Å². The lowest BCUT2D eigenvalue weighted by atomic mass is 10.2. The van der Waals surface area contributed by atoms with Gasteiger partial charge in [-0.2, -0.15) is 0 Å². The Morgan fingerprint density at radius 2 is 1.56 bits per heavy atom. The molecule has 0 bridgehead atoms. The molecule has 80 valence electrons. The van der Waals surface area contributed by atoms with Gasteiger partial charge in [-0.3, -0.25) is 0 Å². The molecule has 0 aromatic heterocycles. The summed E-state index contributed by atoms with van der Waals surface area (Å²) in [6.07, 6.45) is 0. The van der Waals surface area contributed by atoms with E-state index in [1.807, 2.05) is 30.3 Å². The van der Waals surface area contributed by atoms with Crippen LogP contribution < -0.4 is 0 Å². The summed E-state index contributed by atoms with van der Waals surface area (Å²) in [5, 5.41) is 9.88. The number of halogens is 1. The van der Waals surface area contributed by atoms with Crippen LogP contribution in [0.1, 0.15) is 5.56 Å². The zero-order valence-electron chi connectivity index (χ0n) is 8.47. The van der Waals surface area contributed by atoms with Crippen molar-refractivity contribution < 1.29 is 5.11 Å². The summed E-state index contributed by atoms with van der Waals surface area (Å²) in [7, 11) is 0. The van der Waals surface area contributed by atoms with Crippen LogP contribution in [0, 0.1) is 0 Å². The molecule has 3 heteroatoms. The molecule has 2 aromatic rings. The summed E-state index contributed by atoms with van der Waals surface area (Å²) in [6.45, 7) is 0. The fourth-order valence-electron chi connectivity index (χ4n) is 1.32. The number of aliphatic imine (C=N–C) groups is 1. The molecule has 2 nitrogen and oxygen atoms in total. The number of nitrogens with zero attached hydrogens (tertiary/aromatic N) is 1. The zero-order chi connectivity index (χ0) is 11.4. The second kappa shape index (κ2) is 4.81. The summed E-state index contributed by atoms with van der Waals surface area (Å²) >= 11 is 6.04. The number of para-hydroxylation sites is 2. The molecular weight excluding hydrogens is 222 g/mol. The number of aromatic hydroxyl groups is 1. The average molecular weight is 232 g/mol. The van der Waals surface area contributed by atoms with E-state index in [-0.39, 0.29) is 10.9 Å². The molecule has 0 unspecified atom stereocenters. The smallest absolute Gasteiger partial charge is 0.140 e. The highest BCUT2D eigenvalue weighted by Gasteiger charge is 2.04. The Bertz CT molecular complexity index is 508. The molecular formula is C13H10ClNO. The Morgan fingerprint density at radius 1 is 0.938 bits per heavy atom. The van der Waals surface area contributed by atoms with Crippen LogP contribution in [0.25, 0.3) is 0 Å². The predicted molar refractivity (Wildman–Crippen MR) is 66.6 cm³/mol.